The van der Waals surface area contributed by atoms with E-state index in [0.29, 0.717) is 22.1 Å². The molecule has 0 saturated heterocycles. The summed E-state index contributed by atoms with van der Waals surface area (Å²) in [5, 5.41) is 3.94. The van der Waals surface area contributed by atoms with E-state index in [1.165, 1.54) is 6.08 Å². The summed E-state index contributed by atoms with van der Waals surface area (Å²) in [6, 6.07) is 6.93. The van der Waals surface area contributed by atoms with Crippen LogP contribution in [0.3, 0.4) is 0 Å². The predicted octanol–water partition coefficient (Wildman–Crippen LogP) is 3.02. The van der Waals surface area contributed by atoms with Crippen LogP contribution in [-0.4, -0.2) is 18.0 Å². The molecule has 0 bridgehead atoms. The summed E-state index contributed by atoms with van der Waals surface area (Å²) < 4.78 is 5.21. The number of nitrogens with zero attached hydrogens (tertiary/aromatic N) is 1. The Hall–Kier alpha value is -2.07. The molecule has 0 aliphatic heterocycles. The number of benzene rings is 1. The molecule has 18 heavy (non-hydrogen) atoms. The van der Waals surface area contributed by atoms with Crippen molar-refractivity contribution < 1.29 is 9.53 Å². The maximum Gasteiger partial charge on any atom is 0.248 e. The number of methoxy groups -OCH3 is 1. The quantitative estimate of drug-likeness (QED) is 0.865. The van der Waals surface area contributed by atoms with E-state index in [4.69, 9.17) is 16.3 Å². The number of carbonyl (C=O) groups is 1. The van der Waals surface area contributed by atoms with Gasteiger partial charge in [-0.15, -0.1) is 0 Å². The minimum absolute atomic E-state index is 0.317. The lowest BCUT2D eigenvalue weighted by Gasteiger charge is -2.08. The first-order chi connectivity index (χ1) is 8.65. The summed E-state index contributed by atoms with van der Waals surface area (Å²) in [5.74, 6) is 0.708. The molecule has 0 atom stereocenters. The second-order valence-corrected chi connectivity index (χ2v) is 3.94. The van der Waals surface area contributed by atoms with E-state index in [0.717, 1.165) is 5.39 Å². The van der Waals surface area contributed by atoms with Crippen molar-refractivity contribution in [2.24, 2.45) is 0 Å². The number of ether oxygens (including phenoxy) is 1. The van der Waals surface area contributed by atoms with Crippen molar-refractivity contribution in [3.8, 4) is 5.75 Å². The van der Waals surface area contributed by atoms with Gasteiger partial charge in [0.2, 0.25) is 5.91 Å². The number of fused-ring (bicyclic) bond motifs is 1. The van der Waals surface area contributed by atoms with E-state index < -0.39 is 0 Å². The Balaban J connectivity index is 2.55. The number of hydrogen-bond donors (Lipinski definition) is 1. The third-order valence-electron chi connectivity index (χ3n) is 2.42. The van der Waals surface area contributed by atoms with Crippen LogP contribution in [0.5, 0.6) is 5.75 Å². The van der Waals surface area contributed by atoms with E-state index in [-0.39, 0.29) is 5.91 Å². The SMILES string of the molecule is C=CC(=O)Nc1ccc2c(Cl)ccc(OC)c2n1. The van der Waals surface area contributed by atoms with Crippen molar-refractivity contribution in [1.82, 2.24) is 4.98 Å². The molecule has 0 saturated carbocycles. The van der Waals surface area contributed by atoms with Gasteiger partial charge in [0.05, 0.1) is 12.1 Å². The summed E-state index contributed by atoms with van der Waals surface area (Å²) in [7, 11) is 1.55. The Bertz CT molecular complexity index is 626. The molecular formula is C13H11ClN2O2. The molecule has 5 heteroatoms. The summed E-state index contributed by atoms with van der Waals surface area (Å²) >= 11 is 6.07. The highest BCUT2D eigenvalue weighted by atomic mass is 35.5. The summed E-state index contributed by atoms with van der Waals surface area (Å²) in [6.45, 7) is 3.38. The van der Waals surface area contributed by atoms with Crippen molar-refractivity contribution >= 4 is 34.2 Å². The molecule has 1 N–H and O–H groups in total. The summed E-state index contributed by atoms with van der Waals surface area (Å²) in [5.41, 5.74) is 0.604. The van der Waals surface area contributed by atoms with Gasteiger partial charge in [-0.25, -0.2) is 4.98 Å². The molecule has 1 aromatic carbocycles. The number of halogens is 1. The average Bonchev–Trinajstić information content (AvgIpc) is 2.39. The first-order valence-electron chi connectivity index (χ1n) is 5.22. The fourth-order valence-corrected chi connectivity index (χ4v) is 1.78. The zero-order valence-corrected chi connectivity index (χ0v) is 10.5. The smallest absolute Gasteiger partial charge is 0.248 e. The predicted molar refractivity (Wildman–Crippen MR) is 72.1 cm³/mol. The molecule has 0 radical (unpaired) electrons. The van der Waals surface area contributed by atoms with Gasteiger partial charge >= 0.3 is 0 Å². The number of hydrogen-bond acceptors (Lipinski definition) is 3. The Labute approximate surface area is 109 Å². The Morgan fingerprint density at radius 2 is 2.22 bits per heavy atom. The minimum atomic E-state index is -0.317. The number of nitrogens with one attached hydrogen (secondary N) is 1. The highest BCUT2D eigenvalue weighted by molar-refractivity contribution is 6.35. The topological polar surface area (TPSA) is 51.2 Å². The van der Waals surface area contributed by atoms with Crippen molar-refractivity contribution in [2.75, 3.05) is 12.4 Å². The molecule has 2 aromatic rings. The van der Waals surface area contributed by atoms with Gasteiger partial charge in [0.25, 0.3) is 0 Å². The molecule has 0 spiro atoms. The third kappa shape index (κ3) is 2.28. The lowest BCUT2D eigenvalue weighted by atomic mass is 10.2. The van der Waals surface area contributed by atoms with Crippen molar-refractivity contribution in [1.29, 1.82) is 0 Å². The molecule has 92 valence electrons. The van der Waals surface area contributed by atoms with Gasteiger partial charge in [0, 0.05) is 5.39 Å². The Kier molecular flexibility index (Phi) is 3.48. The zero-order valence-electron chi connectivity index (χ0n) is 9.74. The summed E-state index contributed by atoms with van der Waals surface area (Å²) in [6.07, 6.45) is 1.18. The van der Waals surface area contributed by atoms with Gasteiger partial charge in [-0.3, -0.25) is 4.79 Å². The Morgan fingerprint density at radius 1 is 1.44 bits per heavy atom. The van der Waals surface area contributed by atoms with Gasteiger partial charge in [0.15, 0.2) is 0 Å². The normalized spacial score (nSPS) is 10.1. The number of carbonyl (C=O) groups excluding carboxylic acids is 1. The average molecular weight is 263 g/mol. The van der Waals surface area contributed by atoms with Crippen molar-refractivity contribution in [3.05, 3.63) is 41.9 Å². The van der Waals surface area contributed by atoms with Crippen LogP contribution in [-0.2, 0) is 4.79 Å². The number of aromatic nitrogens is 1. The molecule has 1 aromatic heterocycles. The largest absolute Gasteiger partial charge is 0.494 e. The van der Waals surface area contributed by atoms with Crippen LogP contribution in [0, 0.1) is 0 Å². The lowest BCUT2D eigenvalue weighted by Crippen LogP contribution is -2.08. The van der Waals surface area contributed by atoms with Crippen LogP contribution in [0.4, 0.5) is 5.82 Å². The number of pyridine rings is 1. The first kappa shape index (κ1) is 12.4. The van der Waals surface area contributed by atoms with E-state index in [1.54, 1.807) is 31.4 Å². The van der Waals surface area contributed by atoms with Gasteiger partial charge in [-0.2, -0.15) is 0 Å². The molecule has 0 unspecified atom stereocenters. The number of amides is 1. The molecule has 2 rings (SSSR count). The van der Waals surface area contributed by atoms with E-state index >= 15 is 0 Å². The zero-order chi connectivity index (χ0) is 13.1. The highest BCUT2D eigenvalue weighted by Crippen LogP contribution is 2.30. The maximum absolute atomic E-state index is 11.2. The first-order valence-corrected chi connectivity index (χ1v) is 5.60. The van der Waals surface area contributed by atoms with Crippen molar-refractivity contribution in [3.63, 3.8) is 0 Å². The van der Waals surface area contributed by atoms with Crippen LogP contribution in [0.15, 0.2) is 36.9 Å². The van der Waals surface area contributed by atoms with Gasteiger partial charge in [0.1, 0.15) is 17.1 Å². The Morgan fingerprint density at radius 3 is 2.89 bits per heavy atom. The maximum atomic E-state index is 11.2. The standard InChI is InChI=1S/C13H11ClN2O2/c1-3-12(17)15-11-7-4-8-9(14)5-6-10(18-2)13(8)16-11/h3-7H,1H2,2H3,(H,15,16,17). The van der Waals surface area contributed by atoms with Gasteiger partial charge in [-0.1, -0.05) is 18.2 Å². The highest BCUT2D eigenvalue weighted by Gasteiger charge is 2.08. The molecule has 1 amide bonds. The fraction of sp³-hybridized carbons (Fsp3) is 0.0769. The monoisotopic (exact) mass is 262 g/mol. The van der Waals surface area contributed by atoms with Crippen LogP contribution >= 0.6 is 11.6 Å². The van der Waals surface area contributed by atoms with E-state index in [9.17, 15) is 4.79 Å². The van der Waals surface area contributed by atoms with Crippen LogP contribution < -0.4 is 10.1 Å². The molecule has 0 aliphatic carbocycles. The molecule has 0 aliphatic rings. The number of rotatable bonds is 3. The van der Waals surface area contributed by atoms with Crippen LogP contribution in [0.1, 0.15) is 0 Å². The lowest BCUT2D eigenvalue weighted by molar-refractivity contribution is -0.111. The number of anilines is 1. The van der Waals surface area contributed by atoms with Crippen LogP contribution in [0.25, 0.3) is 10.9 Å². The van der Waals surface area contributed by atoms with E-state index in [1.807, 2.05) is 0 Å². The summed E-state index contributed by atoms with van der Waals surface area (Å²) in [4.78, 5) is 15.5. The molecule has 4 nitrogen and oxygen atoms in total. The third-order valence-corrected chi connectivity index (χ3v) is 2.75. The molecular weight excluding hydrogens is 252 g/mol. The fourth-order valence-electron chi connectivity index (χ4n) is 1.57. The van der Waals surface area contributed by atoms with Gasteiger partial charge < -0.3 is 10.1 Å². The van der Waals surface area contributed by atoms with E-state index in [2.05, 4.69) is 16.9 Å². The minimum Gasteiger partial charge on any atom is -0.494 e. The second kappa shape index (κ2) is 5.06. The van der Waals surface area contributed by atoms with Crippen LogP contribution in [0.2, 0.25) is 5.02 Å². The molecule has 0 fully saturated rings. The molecule has 1 heterocycles. The second-order valence-electron chi connectivity index (χ2n) is 3.54. The van der Waals surface area contributed by atoms with Gasteiger partial charge in [-0.05, 0) is 30.3 Å². The van der Waals surface area contributed by atoms with Crippen molar-refractivity contribution in [2.45, 2.75) is 0 Å².